The summed E-state index contributed by atoms with van der Waals surface area (Å²) in [7, 11) is 1.61. The van der Waals surface area contributed by atoms with Gasteiger partial charge in [0.25, 0.3) is 5.56 Å². The Morgan fingerprint density at radius 2 is 2.04 bits per heavy atom. The maximum absolute atomic E-state index is 13.1. The van der Waals surface area contributed by atoms with Crippen molar-refractivity contribution in [2.75, 3.05) is 19.0 Å². The fourth-order valence-corrected chi connectivity index (χ4v) is 4.11. The molecule has 27 heavy (non-hydrogen) atoms. The summed E-state index contributed by atoms with van der Waals surface area (Å²) in [6.07, 6.45) is 5.62. The highest BCUT2D eigenvalue weighted by Crippen LogP contribution is 2.34. The van der Waals surface area contributed by atoms with Crippen LogP contribution in [0.2, 0.25) is 0 Å². The summed E-state index contributed by atoms with van der Waals surface area (Å²) < 4.78 is 7.30. The van der Waals surface area contributed by atoms with Gasteiger partial charge in [-0.2, -0.15) is 0 Å². The summed E-state index contributed by atoms with van der Waals surface area (Å²) in [4.78, 5) is 27.2. The van der Waals surface area contributed by atoms with Crippen LogP contribution >= 0.6 is 11.3 Å². The first-order valence-electron chi connectivity index (χ1n) is 8.78. The number of aromatic nitrogens is 4. The van der Waals surface area contributed by atoms with Gasteiger partial charge in [-0.25, -0.2) is 15.0 Å². The molecular formula is C19H17N5O2S. The third-order valence-electron chi connectivity index (χ3n) is 4.78. The Morgan fingerprint density at radius 1 is 1.22 bits per heavy atom. The van der Waals surface area contributed by atoms with E-state index in [1.54, 1.807) is 18.0 Å². The number of anilines is 1. The Morgan fingerprint density at radius 3 is 2.78 bits per heavy atom. The molecule has 0 radical (unpaired) electrons. The molecule has 1 fully saturated rings. The van der Waals surface area contributed by atoms with Crippen molar-refractivity contribution in [2.24, 2.45) is 5.92 Å². The van der Waals surface area contributed by atoms with E-state index in [0.717, 1.165) is 39.9 Å². The molecule has 3 heterocycles. The molecule has 1 aliphatic rings. The average Bonchev–Trinajstić information content (AvgIpc) is 3.45. The van der Waals surface area contributed by atoms with Gasteiger partial charge < -0.3 is 10.1 Å². The van der Waals surface area contributed by atoms with Crippen molar-refractivity contribution in [2.45, 2.75) is 12.8 Å². The summed E-state index contributed by atoms with van der Waals surface area (Å²) in [5.74, 6) is 2.22. The first-order valence-corrected chi connectivity index (χ1v) is 9.59. The van der Waals surface area contributed by atoms with Crippen LogP contribution in [0.3, 0.4) is 0 Å². The van der Waals surface area contributed by atoms with Crippen LogP contribution in [0.5, 0.6) is 5.75 Å². The van der Waals surface area contributed by atoms with Crippen molar-refractivity contribution in [1.82, 2.24) is 19.5 Å². The predicted octanol–water partition coefficient (Wildman–Crippen LogP) is 3.22. The number of thiophene rings is 1. The molecule has 3 aromatic heterocycles. The van der Waals surface area contributed by atoms with Crippen LogP contribution in [-0.2, 0) is 0 Å². The molecule has 136 valence electrons. The topological polar surface area (TPSA) is 81.9 Å². The quantitative estimate of drug-likeness (QED) is 0.573. The number of methoxy groups -OCH3 is 1. The highest BCUT2D eigenvalue weighted by molar-refractivity contribution is 7.25. The first-order chi connectivity index (χ1) is 13.2. The van der Waals surface area contributed by atoms with E-state index in [9.17, 15) is 4.79 Å². The molecule has 7 nitrogen and oxygen atoms in total. The van der Waals surface area contributed by atoms with Gasteiger partial charge in [0.05, 0.1) is 18.2 Å². The van der Waals surface area contributed by atoms with Gasteiger partial charge in [-0.15, -0.1) is 11.3 Å². The lowest BCUT2D eigenvalue weighted by Crippen LogP contribution is -2.17. The molecule has 1 saturated carbocycles. The molecule has 0 bridgehead atoms. The second kappa shape index (κ2) is 6.31. The summed E-state index contributed by atoms with van der Waals surface area (Å²) in [5, 5.41) is 4.23. The minimum atomic E-state index is -0.110. The number of nitrogens with zero attached hydrogens (tertiary/aromatic N) is 4. The monoisotopic (exact) mass is 379 g/mol. The summed E-state index contributed by atoms with van der Waals surface area (Å²) in [6.45, 7) is 0.895. The smallest absolute Gasteiger partial charge is 0.275 e. The van der Waals surface area contributed by atoms with Crippen LogP contribution in [-0.4, -0.2) is 33.2 Å². The lowest BCUT2D eigenvalue weighted by molar-refractivity contribution is 0.414. The van der Waals surface area contributed by atoms with Crippen LogP contribution in [0, 0.1) is 5.92 Å². The van der Waals surface area contributed by atoms with E-state index in [4.69, 9.17) is 4.74 Å². The number of nitrogens with one attached hydrogen (secondary N) is 1. The summed E-state index contributed by atoms with van der Waals surface area (Å²) in [6, 6.07) is 7.32. The molecule has 8 heteroatoms. The van der Waals surface area contributed by atoms with Crippen LogP contribution in [0.15, 0.2) is 41.7 Å². The Kier molecular flexibility index (Phi) is 3.78. The molecule has 4 aromatic rings. The standard InChI is InChI=1S/C19H17N5O2S/c1-26-13-6-4-12(5-7-13)24-10-23-15-14-17(20-8-11-2-3-11)21-9-22-18(14)27-16(15)19(24)25/h4-7,9-11H,2-3,8H2,1H3,(H,20,21,22). The number of hydrogen-bond donors (Lipinski definition) is 1. The second-order valence-corrected chi connectivity index (χ2v) is 7.62. The Labute approximate surface area is 158 Å². The molecule has 1 N–H and O–H groups in total. The van der Waals surface area contributed by atoms with Crippen molar-refractivity contribution in [3.8, 4) is 11.4 Å². The van der Waals surface area contributed by atoms with Gasteiger partial charge >= 0.3 is 0 Å². The van der Waals surface area contributed by atoms with Crippen molar-refractivity contribution in [3.05, 3.63) is 47.3 Å². The normalized spacial score (nSPS) is 14.0. The minimum Gasteiger partial charge on any atom is -0.497 e. The fourth-order valence-electron chi connectivity index (χ4n) is 3.09. The molecule has 0 amide bonds. The Bertz CT molecular complexity index is 1190. The van der Waals surface area contributed by atoms with Gasteiger partial charge in [0.15, 0.2) is 0 Å². The lowest BCUT2D eigenvalue weighted by atomic mass is 10.3. The predicted molar refractivity (Wildman–Crippen MR) is 106 cm³/mol. The van der Waals surface area contributed by atoms with Gasteiger partial charge in [0.2, 0.25) is 0 Å². The van der Waals surface area contributed by atoms with Crippen molar-refractivity contribution < 1.29 is 4.74 Å². The lowest BCUT2D eigenvalue weighted by Gasteiger charge is -2.07. The Balaban J connectivity index is 1.64. The van der Waals surface area contributed by atoms with Gasteiger partial charge in [0.1, 0.15) is 39.3 Å². The van der Waals surface area contributed by atoms with E-state index in [2.05, 4.69) is 20.3 Å². The maximum Gasteiger partial charge on any atom is 0.275 e. The highest BCUT2D eigenvalue weighted by Gasteiger charge is 2.22. The molecule has 0 atom stereocenters. The third-order valence-corrected chi connectivity index (χ3v) is 5.86. The van der Waals surface area contributed by atoms with Crippen molar-refractivity contribution in [1.29, 1.82) is 0 Å². The molecule has 1 aliphatic carbocycles. The van der Waals surface area contributed by atoms with E-state index >= 15 is 0 Å². The van der Waals surface area contributed by atoms with E-state index in [0.29, 0.717) is 10.2 Å². The molecule has 5 rings (SSSR count). The maximum atomic E-state index is 13.1. The van der Waals surface area contributed by atoms with Crippen LogP contribution < -0.4 is 15.6 Å². The minimum absolute atomic E-state index is 0.110. The van der Waals surface area contributed by atoms with Gasteiger partial charge in [-0.3, -0.25) is 9.36 Å². The Hall–Kier alpha value is -3.00. The number of rotatable bonds is 5. The highest BCUT2D eigenvalue weighted by atomic mass is 32.1. The van der Waals surface area contributed by atoms with Gasteiger partial charge in [0, 0.05) is 6.54 Å². The van der Waals surface area contributed by atoms with Gasteiger partial charge in [-0.1, -0.05) is 0 Å². The zero-order chi connectivity index (χ0) is 18.4. The largest absolute Gasteiger partial charge is 0.497 e. The van der Waals surface area contributed by atoms with E-state index < -0.39 is 0 Å². The van der Waals surface area contributed by atoms with Crippen molar-refractivity contribution in [3.63, 3.8) is 0 Å². The molecule has 0 spiro atoms. The molecular weight excluding hydrogens is 362 g/mol. The van der Waals surface area contributed by atoms with E-state index in [1.807, 2.05) is 24.3 Å². The number of ether oxygens (including phenoxy) is 1. The second-order valence-electron chi connectivity index (χ2n) is 6.62. The summed E-state index contributed by atoms with van der Waals surface area (Å²) >= 11 is 1.36. The number of benzene rings is 1. The summed E-state index contributed by atoms with van der Waals surface area (Å²) in [5.41, 5.74) is 1.29. The number of hydrogen-bond acceptors (Lipinski definition) is 7. The molecule has 0 unspecified atom stereocenters. The average molecular weight is 379 g/mol. The van der Waals surface area contributed by atoms with Crippen LogP contribution in [0.25, 0.3) is 26.1 Å². The van der Waals surface area contributed by atoms with E-state index in [-0.39, 0.29) is 5.56 Å². The third kappa shape index (κ3) is 2.82. The molecule has 1 aromatic carbocycles. The zero-order valence-electron chi connectivity index (χ0n) is 14.7. The zero-order valence-corrected chi connectivity index (χ0v) is 15.5. The van der Waals surface area contributed by atoms with E-state index in [1.165, 1.54) is 30.5 Å². The first kappa shape index (κ1) is 16.2. The van der Waals surface area contributed by atoms with Crippen LogP contribution in [0.4, 0.5) is 5.82 Å². The van der Waals surface area contributed by atoms with Gasteiger partial charge in [-0.05, 0) is 43.0 Å². The number of fused-ring (bicyclic) bond motifs is 3. The fraction of sp³-hybridized carbons (Fsp3) is 0.263. The SMILES string of the molecule is COc1ccc(-n2cnc3c(sc4ncnc(NCC5CC5)c43)c2=O)cc1. The van der Waals surface area contributed by atoms with Crippen LogP contribution in [0.1, 0.15) is 12.8 Å². The molecule has 0 aliphatic heterocycles. The molecule has 0 saturated heterocycles. The van der Waals surface area contributed by atoms with Crippen molar-refractivity contribution >= 4 is 37.6 Å².